The van der Waals surface area contributed by atoms with Gasteiger partial charge in [-0.2, -0.15) is 0 Å². The molecule has 0 spiro atoms. The van der Waals surface area contributed by atoms with E-state index in [9.17, 15) is 29.9 Å². The molecule has 1 fully saturated rings. The fourth-order valence-corrected chi connectivity index (χ4v) is 3.34. The van der Waals surface area contributed by atoms with Crippen molar-refractivity contribution in [2.45, 2.75) is 6.04 Å². The fourth-order valence-electron chi connectivity index (χ4n) is 3.34. The largest absolute Gasteiger partial charge is 0.508 e. The highest BCUT2D eigenvalue weighted by Gasteiger charge is 2.45. The van der Waals surface area contributed by atoms with Crippen LogP contribution in [0.4, 0.5) is 5.69 Å². The van der Waals surface area contributed by atoms with Crippen LogP contribution in [0.2, 0.25) is 0 Å². The predicted molar refractivity (Wildman–Crippen MR) is 108 cm³/mol. The van der Waals surface area contributed by atoms with Crippen LogP contribution in [0, 0.1) is 10.1 Å². The molecule has 162 valence electrons. The highest BCUT2D eigenvalue weighted by atomic mass is 16.6. The minimum absolute atomic E-state index is 0.0117. The molecule has 31 heavy (non-hydrogen) atoms. The summed E-state index contributed by atoms with van der Waals surface area (Å²) < 4.78 is 5.21. The third-order valence-electron chi connectivity index (χ3n) is 4.81. The molecule has 3 N–H and O–H groups in total. The summed E-state index contributed by atoms with van der Waals surface area (Å²) in [5, 5.41) is 40.1. The number of aromatic hydroxyl groups is 1. The number of phenolic OH excluding ortho intramolecular Hbond substituents is 1. The van der Waals surface area contributed by atoms with E-state index in [0.717, 1.165) is 0 Å². The number of nitro groups is 1. The van der Waals surface area contributed by atoms with Crippen LogP contribution in [0.3, 0.4) is 0 Å². The number of rotatable bonds is 8. The molecule has 3 rings (SSSR count). The van der Waals surface area contributed by atoms with Gasteiger partial charge in [-0.3, -0.25) is 19.7 Å². The maximum atomic E-state index is 12.8. The highest BCUT2D eigenvalue weighted by molar-refractivity contribution is 6.46. The SMILES string of the molecule is O=C1C(=O)N(CCOCCO)[C@@H](c2ccc(O)cc2)C1=C(O)c1ccc([N+](=O)[O-])cc1. The summed E-state index contributed by atoms with van der Waals surface area (Å²) in [6, 6.07) is 9.83. The molecule has 2 aromatic rings. The zero-order valence-corrected chi connectivity index (χ0v) is 16.3. The summed E-state index contributed by atoms with van der Waals surface area (Å²) in [7, 11) is 0. The van der Waals surface area contributed by atoms with Crippen molar-refractivity contribution >= 4 is 23.1 Å². The Bertz CT molecular complexity index is 1010. The quantitative estimate of drug-likeness (QED) is 0.144. The van der Waals surface area contributed by atoms with Crippen LogP contribution in [0.25, 0.3) is 5.76 Å². The van der Waals surface area contributed by atoms with Crippen LogP contribution in [-0.2, 0) is 14.3 Å². The first-order chi connectivity index (χ1) is 14.8. The van der Waals surface area contributed by atoms with E-state index in [0.29, 0.717) is 5.56 Å². The Hall–Kier alpha value is -3.76. The van der Waals surface area contributed by atoms with Crippen LogP contribution in [-0.4, -0.2) is 63.2 Å². The number of nitro benzene ring substituents is 1. The van der Waals surface area contributed by atoms with Crippen molar-refractivity contribution in [3.05, 3.63) is 75.3 Å². The molecule has 10 nitrogen and oxygen atoms in total. The van der Waals surface area contributed by atoms with Gasteiger partial charge in [-0.1, -0.05) is 12.1 Å². The van der Waals surface area contributed by atoms with Crippen LogP contribution >= 0.6 is 0 Å². The number of ketones is 1. The van der Waals surface area contributed by atoms with E-state index in [4.69, 9.17) is 9.84 Å². The normalized spacial score (nSPS) is 17.8. The molecular weight excluding hydrogens is 408 g/mol. The Morgan fingerprint density at radius 3 is 2.29 bits per heavy atom. The van der Waals surface area contributed by atoms with Gasteiger partial charge >= 0.3 is 0 Å². The predicted octanol–water partition coefficient (Wildman–Crippen LogP) is 1.73. The number of amides is 1. The van der Waals surface area contributed by atoms with Gasteiger partial charge in [0.15, 0.2) is 0 Å². The van der Waals surface area contributed by atoms with Crippen LogP contribution in [0.5, 0.6) is 5.75 Å². The smallest absolute Gasteiger partial charge is 0.295 e. The van der Waals surface area contributed by atoms with Crippen molar-refractivity contribution in [1.29, 1.82) is 0 Å². The molecule has 1 aliphatic heterocycles. The molecule has 1 amide bonds. The Morgan fingerprint density at radius 2 is 1.71 bits per heavy atom. The van der Waals surface area contributed by atoms with E-state index < -0.39 is 28.4 Å². The molecule has 1 heterocycles. The summed E-state index contributed by atoms with van der Waals surface area (Å²) in [5.41, 5.74) is 0.256. The Labute approximate surface area is 176 Å². The number of ether oxygens (including phenoxy) is 1. The molecule has 0 bridgehead atoms. The molecule has 1 atom stereocenters. The molecule has 1 saturated heterocycles. The number of Topliss-reactive ketones (excluding diaryl/α,β-unsaturated/α-hetero) is 1. The van der Waals surface area contributed by atoms with Crippen molar-refractivity contribution in [3.8, 4) is 5.75 Å². The van der Waals surface area contributed by atoms with Crippen molar-refractivity contribution in [2.75, 3.05) is 26.4 Å². The van der Waals surface area contributed by atoms with Gasteiger partial charge in [0.1, 0.15) is 11.5 Å². The molecule has 0 saturated carbocycles. The number of carbonyl (C=O) groups is 2. The molecule has 0 aromatic heterocycles. The van der Waals surface area contributed by atoms with Crippen molar-refractivity contribution in [2.24, 2.45) is 0 Å². The average Bonchev–Trinajstić information content (AvgIpc) is 3.01. The first kappa shape index (κ1) is 21.9. The third-order valence-corrected chi connectivity index (χ3v) is 4.81. The number of aliphatic hydroxyl groups is 2. The van der Waals surface area contributed by atoms with Crippen molar-refractivity contribution < 1.29 is 34.6 Å². The number of hydrogen-bond donors (Lipinski definition) is 3. The zero-order valence-electron chi connectivity index (χ0n) is 16.3. The second-order valence-corrected chi connectivity index (χ2v) is 6.72. The number of nitrogens with zero attached hydrogens (tertiary/aromatic N) is 2. The number of non-ortho nitro benzene ring substituents is 1. The maximum Gasteiger partial charge on any atom is 0.295 e. The van der Waals surface area contributed by atoms with E-state index in [1.807, 2.05) is 0 Å². The Morgan fingerprint density at radius 1 is 1.06 bits per heavy atom. The van der Waals surface area contributed by atoms with Crippen LogP contribution in [0.15, 0.2) is 54.1 Å². The zero-order chi connectivity index (χ0) is 22.5. The fraction of sp³-hybridized carbons (Fsp3) is 0.238. The number of phenols is 1. The van der Waals surface area contributed by atoms with E-state index >= 15 is 0 Å². The summed E-state index contributed by atoms with van der Waals surface area (Å²) in [5.74, 6) is -2.22. The molecule has 0 aliphatic carbocycles. The third kappa shape index (κ3) is 4.55. The van der Waals surface area contributed by atoms with Crippen LogP contribution in [0.1, 0.15) is 17.2 Å². The molecular formula is C21H20N2O8. The van der Waals surface area contributed by atoms with Crippen LogP contribution < -0.4 is 0 Å². The summed E-state index contributed by atoms with van der Waals surface area (Å²) in [4.78, 5) is 37.0. The second-order valence-electron chi connectivity index (χ2n) is 6.72. The monoisotopic (exact) mass is 428 g/mol. The summed E-state index contributed by atoms with van der Waals surface area (Å²) in [6.45, 7) is -0.0517. The lowest BCUT2D eigenvalue weighted by atomic mass is 9.95. The van der Waals surface area contributed by atoms with E-state index in [2.05, 4.69) is 0 Å². The van der Waals surface area contributed by atoms with E-state index in [-0.39, 0.29) is 48.9 Å². The van der Waals surface area contributed by atoms with E-state index in [1.165, 1.54) is 53.4 Å². The lowest BCUT2D eigenvalue weighted by molar-refractivity contribution is -0.384. The number of benzene rings is 2. The summed E-state index contributed by atoms with van der Waals surface area (Å²) >= 11 is 0. The Balaban J connectivity index is 2.05. The van der Waals surface area contributed by atoms with Crippen molar-refractivity contribution in [3.63, 3.8) is 0 Å². The average molecular weight is 428 g/mol. The maximum absolute atomic E-state index is 12.8. The van der Waals surface area contributed by atoms with Gasteiger partial charge < -0.3 is 25.0 Å². The topological polar surface area (TPSA) is 150 Å². The number of aliphatic hydroxyl groups excluding tert-OH is 2. The van der Waals surface area contributed by atoms with Gasteiger partial charge in [-0.05, 0) is 29.8 Å². The first-order valence-electron chi connectivity index (χ1n) is 9.36. The van der Waals surface area contributed by atoms with Crippen molar-refractivity contribution in [1.82, 2.24) is 4.90 Å². The van der Waals surface area contributed by atoms with E-state index in [1.54, 1.807) is 0 Å². The first-order valence-corrected chi connectivity index (χ1v) is 9.36. The van der Waals surface area contributed by atoms with Gasteiger partial charge in [-0.25, -0.2) is 0 Å². The van der Waals surface area contributed by atoms with Gasteiger partial charge in [0, 0.05) is 24.2 Å². The second kappa shape index (κ2) is 9.37. The van der Waals surface area contributed by atoms with Gasteiger partial charge in [0.2, 0.25) is 0 Å². The number of likely N-dealkylation sites (tertiary alicyclic amines) is 1. The minimum Gasteiger partial charge on any atom is -0.508 e. The van der Waals surface area contributed by atoms with Gasteiger partial charge in [0.05, 0.1) is 36.4 Å². The number of hydrogen-bond acceptors (Lipinski definition) is 8. The molecule has 2 aromatic carbocycles. The lowest BCUT2D eigenvalue weighted by Gasteiger charge is -2.25. The number of carbonyl (C=O) groups excluding carboxylic acids is 2. The molecule has 10 heteroatoms. The molecule has 0 unspecified atom stereocenters. The standard InChI is InChI=1S/C21H20N2O8/c24-10-12-31-11-9-22-18(13-3-7-16(25)8-4-13)17(20(27)21(22)28)19(26)14-1-5-15(6-2-14)23(29)30/h1-8,18,24-26H,9-12H2/t18-/m0/s1. The minimum atomic E-state index is -0.950. The molecule has 0 radical (unpaired) electrons. The van der Waals surface area contributed by atoms with Gasteiger partial charge in [0.25, 0.3) is 17.4 Å². The Kier molecular flexibility index (Phi) is 6.63. The molecule has 1 aliphatic rings. The lowest BCUT2D eigenvalue weighted by Crippen LogP contribution is -2.33. The highest BCUT2D eigenvalue weighted by Crippen LogP contribution is 2.39. The summed E-state index contributed by atoms with van der Waals surface area (Å²) in [6.07, 6.45) is 0. The van der Waals surface area contributed by atoms with Gasteiger partial charge in [-0.15, -0.1) is 0 Å².